The van der Waals surface area contributed by atoms with E-state index in [4.69, 9.17) is 0 Å². The summed E-state index contributed by atoms with van der Waals surface area (Å²) in [7, 11) is 0. The van der Waals surface area contributed by atoms with Gasteiger partial charge in [-0.25, -0.2) is 0 Å². The van der Waals surface area contributed by atoms with Crippen LogP contribution in [0.3, 0.4) is 0 Å². The van der Waals surface area contributed by atoms with Crippen molar-refractivity contribution < 1.29 is 31.1 Å². The molecular weight excluding hydrogens is 370 g/mol. The molecule has 0 saturated heterocycles. The second-order valence-electron chi connectivity index (χ2n) is 2.80. The molecule has 2 aromatic carbocycles. The SMILES string of the molecule is Cc1cccc2ccccc12.[U]. The van der Waals surface area contributed by atoms with Crippen LogP contribution in [0.2, 0.25) is 0 Å². The van der Waals surface area contributed by atoms with Crippen LogP contribution in [-0.4, -0.2) is 0 Å². The van der Waals surface area contributed by atoms with Gasteiger partial charge in [0, 0.05) is 31.1 Å². The van der Waals surface area contributed by atoms with Gasteiger partial charge in [-0.15, -0.1) is 0 Å². The van der Waals surface area contributed by atoms with Crippen molar-refractivity contribution in [3.8, 4) is 0 Å². The zero-order valence-corrected chi connectivity index (χ0v) is 11.2. The van der Waals surface area contributed by atoms with Gasteiger partial charge in [-0.1, -0.05) is 42.5 Å². The number of hydrogen-bond donors (Lipinski definition) is 0. The van der Waals surface area contributed by atoms with E-state index in [0.29, 0.717) is 0 Å². The largest absolute Gasteiger partial charge is 0.0616 e. The second kappa shape index (κ2) is 4.12. The second-order valence-corrected chi connectivity index (χ2v) is 2.80. The van der Waals surface area contributed by atoms with Crippen LogP contribution < -0.4 is 0 Å². The third kappa shape index (κ3) is 1.73. The van der Waals surface area contributed by atoms with Gasteiger partial charge in [0.2, 0.25) is 0 Å². The summed E-state index contributed by atoms with van der Waals surface area (Å²) in [5, 5.41) is 2.68. The van der Waals surface area contributed by atoms with Crippen LogP contribution in [0.1, 0.15) is 5.56 Å². The Bertz CT molecular complexity index is 374. The summed E-state index contributed by atoms with van der Waals surface area (Å²) in [5.74, 6) is 0. The summed E-state index contributed by atoms with van der Waals surface area (Å²) in [4.78, 5) is 0. The third-order valence-corrected chi connectivity index (χ3v) is 2.01. The van der Waals surface area contributed by atoms with Crippen molar-refractivity contribution in [2.45, 2.75) is 6.92 Å². The monoisotopic (exact) mass is 380 g/mol. The Labute approximate surface area is 96.4 Å². The predicted octanol–water partition coefficient (Wildman–Crippen LogP) is 3.15. The fraction of sp³-hybridized carbons (Fsp3) is 0.0909. The van der Waals surface area contributed by atoms with Crippen LogP contribution in [0.25, 0.3) is 10.8 Å². The number of aryl methyl sites for hydroxylation is 1. The summed E-state index contributed by atoms with van der Waals surface area (Å²) in [6.45, 7) is 2.14. The van der Waals surface area contributed by atoms with E-state index in [-0.39, 0.29) is 31.1 Å². The van der Waals surface area contributed by atoms with Crippen LogP contribution in [-0.2, 0) is 0 Å². The molecule has 2 aromatic rings. The Morgan fingerprint density at radius 2 is 1.50 bits per heavy atom. The molecule has 0 aliphatic heterocycles. The first-order chi connectivity index (χ1) is 5.38. The predicted molar refractivity (Wildman–Crippen MR) is 48.7 cm³/mol. The fourth-order valence-electron chi connectivity index (χ4n) is 1.39. The zero-order chi connectivity index (χ0) is 7.68. The van der Waals surface area contributed by atoms with Gasteiger partial charge in [0.1, 0.15) is 0 Å². The maximum atomic E-state index is 2.16. The molecule has 58 valence electrons. The summed E-state index contributed by atoms with van der Waals surface area (Å²) < 4.78 is 0. The average molecular weight is 380 g/mol. The molecule has 2 rings (SSSR count). The van der Waals surface area contributed by atoms with Crippen molar-refractivity contribution >= 4 is 10.8 Å². The molecule has 0 spiro atoms. The molecule has 0 nitrogen and oxygen atoms in total. The molecule has 1 heteroatoms. The Morgan fingerprint density at radius 1 is 0.833 bits per heavy atom. The first-order valence-corrected chi connectivity index (χ1v) is 3.82. The minimum Gasteiger partial charge on any atom is -0.0616 e. The quantitative estimate of drug-likeness (QED) is 0.659. The van der Waals surface area contributed by atoms with E-state index < -0.39 is 0 Å². The number of fused-ring (bicyclic) bond motifs is 1. The Morgan fingerprint density at radius 3 is 2.25 bits per heavy atom. The van der Waals surface area contributed by atoms with Gasteiger partial charge in [-0.2, -0.15) is 0 Å². The molecule has 0 amide bonds. The van der Waals surface area contributed by atoms with Crippen LogP contribution in [0, 0.1) is 38.0 Å². The van der Waals surface area contributed by atoms with Gasteiger partial charge < -0.3 is 0 Å². The van der Waals surface area contributed by atoms with Crippen LogP contribution >= 0.6 is 0 Å². The third-order valence-electron chi connectivity index (χ3n) is 2.01. The summed E-state index contributed by atoms with van der Waals surface area (Å²) in [6, 6.07) is 14.8. The molecule has 0 radical (unpaired) electrons. The molecule has 0 saturated carbocycles. The van der Waals surface area contributed by atoms with Gasteiger partial charge in [-0.05, 0) is 23.3 Å². The minimum atomic E-state index is 0. The van der Waals surface area contributed by atoms with E-state index in [1.807, 2.05) is 0 Å². The van der Waals surface area contributed by atoms with E-state index in [0.717, 1.165) is 0 Å². The smallest absolute Gasteiger partial charge is 0 e. The zero-order valence-electron chi connectivity index (χ0n) is 7.04. The minimum absolute atomic E-state index is 0. The molecule has 0 heterocycles. The van der Waals surface area contributed by atoms with Gasteiger partial charge in [0.25, 0.3) is 0 Å². The number of benzene rings is 2. The van der Waals surface area contributed by atoms with Crippen molar-refractivity contribution in [1.82, 2.24) is 0 Å². The van der Waals surface area contributed by atoms with Crippen molar-refractivity contribution in [2.24, 2.45) is 0 Å². The Hall–Kier alpha value is -0.248. The van der Waals surface area contributed by atoms with E-state index in [1.165, 1.54) is 16.3 Å². The first-order valence-electron chi connectivity index (χ1n) is 3.82. The fourth-order valence-corrected chi connectivity index (χ4v) is 1.39. The molecule has 0 aliphatic carbocycles. The van der Waals surface area contributed by atoms with Crippen molar-refractivity contribution in [3.05, 3.63) is 48.0 Å². The van der Waals surface area contributed by atoms with Crippen molar-refractivity contribution in [3.63, 3.8) is 0 Å². The summed E-state index contributed by atoms with van der Waals surface area (Å²) >= 11 is 0. The average Bonchev–Trinajstić information content (AvgIpc) is 2.06. The van der Waals surface area contributed by atoms with Gasteiger partial charge in [0.05, 0.1) is 0 Å². The van der Waals surface area contributed by atoms with Gasteiger partial charge in [-0.3, -0.25) is 0 Å². The van der Waals surface area contributed by atoms with E-state index in [2.05, 4.69) is 49.4 Å². The molecule has 12 heavy (non-hydrogen) atoms. The van der Waals surface area contributed by atoms with Crippen molar-refractivity contribution in [2.75, 3.05) is 0 Å². The molecule has 0 fully saturated rings. The Kier molecular flexibility index (Phi) is 3.38. The molecule has 0 atom stereocenters. The van der Waals surface area contributed by atoms with Crippen molar-refractivity contribution in [1.29, 1.82) is 0 Å². The normalized spacial score (nSPS) is 9.42. The first kappa shape index (κ1) is 9.84. The maximum Gasteiger partial charge on any atom is 0 e. The number of hydrogen-bond acceptors (Lipinski definition) is 0. The van der Waals surface area contributed by atoms with E-state index >= 15 is 0 Å². The summed E-state index contributed by atoms with van der Waals surface area (Å²) in [5.41, 5.74) is 1.35. The standard InChI is InChI=1S/C11H10.U/c1-9-5-4-7-10-6-2-3-8-11(9)10;/h2-8H,1H3;. The van der Waals surface area contributed by atoms with E-state index in [9.17, 15) is 0 Å². The molecule has 0 unspecified atom stereocenters. The van der Waals surface area contributed by atoms with Crippen LogP contribution in [0.5, 0.6) is 0 Å². The van der Waals surface area contributed by atoms with Crippen LogP contribution in [0.15, 0.2) is 42.5 Å². The maximum absolute atomic E-state index is 2.16. The molecular formula is C11H10U. The molecule has 0 bridgehead atoms. The van der Waals surface area contributed by atoms with Crippen LogP contribution in [0.4, 0.5) is 0 Å². The molecule has 0 aliphatic rings. The Balaban J connectivity index is 0.000000720. The van der Waals surface area contributed by atoms with Gasteiger partial charge >= 0.3 is 0 Å². The topological polar surface area (TPSA) is 0 Å². The van der Waals surface area contributed by atoms with E-state index in [1.54, 1.807) is 0 Å². The molecule has 0 N–H and O–H groups in total. The number of rotatable bonds is 0. The molecule has 0 aromatic heterocycles. The van der Waals surface area contributed by atoms with Gasteiger partial charge in [0.15, 0.2) is 0 Å². The summed E-state index contributed by atoms with van der Waals surface area (Å²) in [6.07, 6.45) is 0.